The van der Waals surface area contributed by atoms with E-state index in [0.29, 0.717) is 32.5 Å². The molecule has 3 rings (SSSR count). The highest BCUT2D eigenvalue weighted by molar-refractivity contribution is 5.89. The summed E-state index contributed by atoms with van der Waals surface area (Å²) in [4.78, 5) is 25.9. The van der Waals surface area contributed by atoms with Gasteiger partial charge in [-0.25, -0.2) is 0 Å². The molecule has 5 heteroatoms. The normalized spacial score (nSPS) is 10.6. The van der Waals surface area contributed by atoms with Gasteiger partial charge in [0.1, 0.15) is 0 Å². The number of hydrogen-bond acceptors (Lipinski definition) is 4. The monoisotopic (exact) mass is 418 g/mol. The van der Waals surface area contributed by atoms with Crippen molar-refractivity contribution in [3.8, 4) is 0 Å². The summed E-state index contributed by atoms with van der Waals surface area (Å²) in [5, 5.41) is 5.36. The molecule has 0 saturated heterocycles. The van der Waals surface area contributed by atoms with Crippen molar-refractivity contribution < 1.29 is 14.3 Å². The molecule has 0 saturated carbocycles. The van der Waals surface area contributed by atoms with E-state index in [-0.39, 0.29) is 11.9 Å². The van der Waals surface area contributed by atoms with Crippen LogP contribution in [0.3, 0.4) is 0 Å². The van der Waals surface area contributed by atoms with E-state index in [1.165, 1.54) is 10.9 Å². The maximum atomic E-state index is 12.2. The van der Waals surface area contributed by atoms with Crippen molar-refractivity contribution in [2.24, 2.45) is 0 Å². The van der Waals surface area contributed by atoms with Crippen LogP contribution in [0, 0.1) is 0 Å². The minimum Gasteiger partial charge on any atom is -0.466 e. The summed E-state index contributed by atoms with van der Waals surface area (Å²) in [6, 6.07) is 22.3. The van der Waals surface area contributed by atoms with Crippen molar-refractivity contribution in [3.63, 3.8) is 0 Å². The summed E-state index contributed by atoms with van der Waals surface area (Å²) in [5.41, 5.74) is 3.26. The Morgan fingerprint density at radius 1 is 1.00 bits per heavy atom. The van der Waals surface area contributed by atoms with Crippen LogP contribution in [-0.2, 0) is 27.2 Å². The Morgan fingerprint density at radius 2 is 1.81 bits per heavy atom. The third kappa shape index (κ3) is 6.57. The van der Waals surface area contributed by atoms with Crippen LogP contribution in [-0.4, -0.2) is 38.6 Å². The molecule has 5 nitrogen and oxygen atoms in total. The number of ether oxygens (including phenoxy) is 1. The molecule has 0 fully saturated rings. The third-order valence-electron chi connectivity index (χ3n) is 5.28. The number of nitrogens with one attached hydrogen (secondary N) is 1. The number of esters is 1. The molecule has 0 heterocycles. The SMILES string of the molecule is CCOC(=O)CCN(C)c1ccc2cccc(CCNC(=O)Cc3ccccc3)c2c1. The van der Waals surface area contributed by atoms with E-state index in [0.717, 1.165) is 23.1 Å². The number of benzene rings is 3. The van der Waals surface area contributed by atoms with E-state index in [1.807, 2.05) is 50.4 Å². The fraction of sp³-hybridized carbons (Fsp3) is 0.308. The Kier molecular flexibility index (Phi) is 8.05. The minimum absolute atomic E-state index is 0.0332. The van der Waals surface area contributed by atoms with Gasteiger partial charge in [-0.2, -0.15) is 0 Å². The molecule has 0 aliphatic rings. The second-order valence-electron chi connectivity index (χ2n) is 7.56. The number of nitrogens with zero attached hydrogens (tertiary/aromatic N) is 1. The summed E-state index contributed by atoms with van der Waals surface area (Å²) in [6.07, 6.45) is 1.51. The Hall–Kier alpha value is -3.34. The molecule has 162 valence electrons. The summed E-state index contributed by atoms with van der Waals surface area (Å²) in [7, 11) is 1.98. The van der Waals surface area contributed by atoms with Gasteiger partial charge < -0.3 is 15.0 Å². The molecule has 0 bridgehead atoms. The predicted octanol–water partition coefficient (Wildman–Crippen LogP) is 4.13. The number of fused-ring (bicyclic) bond motifs is 1. The van der Waals surface area contributed by atoms with Gasteiger partial charge in [0.2, 0.25) is 5.91 Å². The first-order valence-electron chi connectivity index (χ1n) is 10.8. The van der Waals surface area contributed by atoms with Crippen molar-refractivity contribution in [2.45, 2.75) is 26.2 Å². The molecular formula is C26H30N2O3. The lowest BCUT2D eigenvalue weighted by Gasteiger charge is -2.20. The summed E-state index contributed by atoms with van der Waals surface area (Å²) < 4.78 is 5.02. The number of hydrogen-bond donors (Lipinski definition) is 1. The highest BCUT2D eigenvalue weighted by Crippen LogP contribution is 2.25. The number of amides is 1. The maximum absolute atomic E-state index is 12.2. The molecule has 31 heavy (non-hydrogen) atoms. The van der Waals surface area contributed by atoms with E-state index in [4.69, 9.17) is 4.74 Å². The zero-order chi connectivity index (χ0) is 22.1. The molecule has 3 aromatic rings. The highest BCUT2D eigenvalue weighted by atomic mass is 16.5. The zero-order valence-corrected chi connectivity index (χ0v) is 18.3. The summed E-state index contributed by atoms with van der Waals surface area (Å²) in [6.45, 7) is 3.41. The smallest absolute Gasteiger partial charge is 0.307 e. The van der Waals surface area contributed by atoms with E-state index in [1.54, 1.807) is 0 Å². The molecule has 1 amide bonds. The molecule has 0 spiro atoms. The van der Waals surface area contributed by atoms with Crippen LogP contribution in [0.15, 0.2) is 66.7 Å². The molecule has 0 radical (unpaired) electrons. The van der Waals surface area contributed by atoms with E-state index >= 15 is 0 Å². The number of carbonyl (C=O) groups excluding carboxylic acids is 2. The highest BCUT2D eigenvalue weighted by Gasteiger charge is 2.09. The number of rotatable bonds is 10. The molecule has 0 aromatic heterocycles. The second-order valence-corrected chi connectivity index (χ2v) is 7.56. The molecule has 1 N–H and O–H groups in total. The van der Waals surface area contributed by atoms with Gasteiger partial charge in [-0.05, 0) is 47.4 Å². The van der Waals surface area contributed by atoms with Crippen molar-refractivity contribution in [1.82, 2.24) is 5.32 Å². The summed E-state index contributed by atoms with van der Waals surface area (Å²) in [5.74, 6) is -0.145. The van der Waals surface area contributed by atoms with E-state index in [9.17, 15) is 9.59 Å². The van der Waals surface area contributed by atoms with Gasteiger partial charge in [0.15, 0.2) is 0 Å². The number of anilines is 1. The largest absolute Gasteiger partial charge is 0.466 e. The molecule has 3 aromatic carbocycles. The van der Waals surface area contributed by atoms with Gasteiger partial charge in [-0.15, -0.1) is 0 Å². The molecular weight excluding hydrogens is 388 g/mol. The van der Waals surface area contributed by atoms with Crippen LogP contribution in [0.1, 0.15) is 24.5 Å². The molecule has 0 unspecified atom stereocenters. The van der Waals surface area contributed by atoms with Gasteiger partial charge in [0.05, 0.1) is 19.4 Å². The van der Waals surface area contributed by atoms with Crippen molar-refractivity contribution >= 4 is 28.3 Å². The second kappa shape index (κ2) is 11.2. The topological polar surface area (TPSA) is 58.6 Å². The Balaban J connectivity index is 1.62. The standard InChI is InChI=1S/C26H30N2O3/c1-3-31-26(30)15-17-28(2)23-13-12-21-10-7-11-22(24(21)19-23)14-16-27-25(29)18-20-8-5-4-6-9-20/h4-13,19H,3,14-18H2,1-2H3,(H,27,29). The molecule has 0 atom stereocenters. The Bertz CT molecular complexity index is 1020. The lowest BCUT2D eigenvalue weighted by Crippen LogP contribution is -2.27. The fourth-order valence-electron chi connectivity index (χ4n) is 3.58. The van der Waals surface area contributed by atoms with Crippen LogP contribution in [0.5, 0.6) is 0 Å². The van der Waals surface area contributed by atoms with Crippen molar-refractivity contribution in [1.29, 1.82) is 0 Å². The lowest BCUT2D eigenvalue weighted by atomic mass is 10.0. The lowest BCUT2D eigenvalue weighted by molar-refractivity contribution is -0.142. The fourth-order valence-corrected chi connectivity index (χ4v) is 3.58. The maximum Gasteiger partial charge on any atom is 0.307 e. The predicted molar refractivity (Wildman–Crippen MR) is 125 cm³/mol. The van der Waals surface area contributed by atoms with Crippen LogP contribution >= 0.6 is 0 Å². The van der Waals surface area contributed by atoms with Gasteiger partial charge in [0.25, 0.3) is 0 Å². The zero-order valence-electron chi connectivity index (χ0n) is 18.3. The molecule has 0 aliphatic carbocycles. The first-order valence-corrected chi connectivity index (χ1v) is 10.8. The average Bonchev–Trinajstić information content (AvgIpc) is 2.78. The van der Waals surface area contributed by atoms with Gasteiger partial charge in [-0.3, -0.25) is 9.59 Å². The quantitative estimate of drug-likeness (QED) is 0.503. The van der Waals surface area contributed by atoms with Crippen LogP contribution < -0.4 is 10.2 Å². The number of carbonyl (C=O) groups is 2. The van der Waals surface area contributed by atoms with Crippen LogP contribution in [0.25, 0.3) is 10.8 Å². The van der Waals surface area contributed by atoms with Gasteiger partial charge in [0, 0.05) is 25.8 Å². The minimum atomic E-state index is -0.179. The summed E-state index contributed by atoms with van der Waals surface area (Å²) >= 11 is 0. The third-order valence-corrected chi connectivity index (χ3v) is 5.28. The first-order chi connectivity index (χ1) is 15.1. The first kappa shape index (κ1) is 22.3. The Labute approximate surface area is 184 Å². The van der Waals surface area contributed by atoms with Crippen LogP contribution in [0.2, 0.25) is 0 Å². The van der Waals surface area contributed by atoms with Gasteiger partial charge in [-0.1, -0.05) is 54.6 Å². The molecule has 0 aliphatic heterocycles. The van der Waals surface area contributed by atoms with Crippen molar-refractivity contribution in [3.05, 3.63) is 77.9 Å². The Morgan fingerprint density at radius 3 is 2.58 bits per heavy atom. The van der Waals surface area contributed by atoms with Crippen molar-refractivity contribution in [2.75, 3.05) is 31.6 Å². The van der Waals surface area contributed by atoms with E-state index < -0.39 is 0 Å². The van der Waals surface area contributed by atoms with Gasteiger partial charge >= 0.3 is 5.97 Å². The van der Waals surface area contributed by atoms with Crippen LogP contribution in [0.4, 0.5) is 5.69 Å². The average molecular weight is 419 g/mol. The van der Waals surface area contributed by atoms with E-state index in [2.05, 4.69) is 40.5 Å².